The minimum Gasteiger partial charge on any atom is -0.149 e. The second-order valence-electron chi connectivity index (χ2n) is 23.7. The maximum absolute atomic E-state index is 2.29. The highest BCUT2D eigenvalue weighted by Crippen LogP contribution is 2.45. The summed E-state index contributed by atoms with van der Waals surface area (Å²) in [6.45, 7) is 8.68. The zero-order chi connectivity index (χ0) is 58.7. The van der Waals surface area contributed by atoms with Gasteiger partial charge in [-0.1, -0.05) is 218 Å². The van der Waals surface area contributed by atoms with Crippen LogP contribution in [-0.4, -0.2) is 0 Å². The van der Waals surface area contributed by atoms with Gasteiger partial charge >= 0.3 is 0 Å². The number of hydrogen-bond acceptors (Lipinski definition) is 4. The van der Waals surface area contributed by atoms with E-state index < -0.39 is 0 Å². The molecule has 0 amide bonds. The Morgan fingerprint density at radius 2 is 0.352 bits per heavy atom. The Labute approximate surface area is 526 Å². The molecule has 20 aromatic rings. The summed E-state index contributed by atoms with van der Waals surface area (Å²) in [7, 11) is 0. The molecule has 0 N–H and O–H groups in total. The van der Waals surface area contributed by atoms with Crippen LogP contribution in [0.3, 0.4) is 0 Å². The van der Waals surface area contributed by atoms with Crippen molar-refractivity contribution in [2.24, 2.45) is 0 Å². The molecule has 0 unspecified atom stereocenters. The first-order valence-electron chi connectivity index (χ1n) is 30.1. The van der Waals surface area contributed by atoms with E-state index in [1.54, 1.807) is 0 Å². The van der Waals surface area contributed by atoms with Crippen molar-refractivity contribution in [3.05, 3.63) is 284 Å². The fourth-order valence-electron chi connectivity index (χ4n) is 14.3. The third-order valence-corrected chi connectivity index (χ3v) is 21.7. The molecule has 0 atom stereocenters. The van der Waals surface area contributed by atoms with Gasteiger partial charge in [0.25, 0.3) is 0 Å². The van der Waals surface area contributed by atoms with E-state index in [-0.39, 0.29) is 0 Å². The van der Waals surface area contributed by atoms with Crippen LogP contribution in [0.2, 0.25) is 0 Å². The molecule has 416 valence electrons. The van der Waals surface area contributed by atoms with E-state index in [4.69, 9.17) is 0 Å². The Morgan fingerprint density at radius 3 is 0.534 bits per heavy atom. The summed E-state index contributed by atoms with van der Waals surface area (Å²) in [5.41, 5.74) is 10.7. The van der Waals surface area contributed by atoms with Crippen molar-refractivity contribution in [3.8, 4) is 44.5 Å². The van der Waals surface area contributed by atoms with Gasteiger partial charge in [0.05, 0.1) is 0 Å². The van der Waals surface area contributed by atoms with Crippen molar-refractivity contribution in [1.29, 1.82) is 0 Å². The molecule has 4 heterocycles. The van der Waals surface area contributed by atoms with E-state index in [0.717, 1.165) is 0 Å². The van der Waals surface area contributed by atoms with Crippen LogP contribution in [0, 0.1) is 27.7 Å². The van der Waals surface area contributed by atoms with E-state index in [1.165, 1.54) is 193 Å². The minimum atomic E-state index is 1.33. The average molecular weight is 1190 g/mol. The van der Waals surface area contributed by atoms with Crippen molar-refractivity contribution in [1.82, 2.24) is 0 Å². The lowest BCUT2D eigenvalue weighted by Crippen LogP contribution is -1.86. The number of aryl methyl sites for hydroxylation is 4. The van der Waals surface area contributed by atoms with E-state index >= 15 is 0 Å². The van der Waals surface area contributed by atoms with Crippen molar-refractivity contribution < 1.29 is 0 Å². The standard InChI is InChI=1S/4C21H14S/c4*1-13-11-17(12-22-13)18-9-7-16-6-5-14-3-2-4-15-8-10-19(18)21(16)20(14)15/h4*2-12H,1H3. The van der Waals surface area contributed by atoms with Crippen LogP contribution in [0.1, 0.15) is 19.5 Å². The Kier molecular flexibility index (Phi) is 12.7. The largest absolute Gasteiger partial charge is 0.149 e. The zero-order valence-corrected chi connectivity index (χ0v) is 52.3. The van der Waals surface area contributed by atoms with E-state index in [2.05, 4.69) is 292 Å². The van der Waals surface area contributed by atoms with Crippen LogP contribution in [0.15, 0.2) is 264 Å². The van der Waals surface area contributed by atoms with E-state index in [1.807, 2.05) is 45.3 Å². The molecule has 0 fully saturated rings. The zero-order valence-electron chi connectivity index (χ0n) is 49.0. The van der Waals surface area contributed by atoms with Gasteiger partial charge in [-0.25, -0.2) is 0 Å². The van der Waals surface area contributed by atoms with Gasteiger partial charge in [0, 0.05) is 19.5 Å². The quantitative estimate of drug-likeness (QED) is 0.154. The predicted molar refractivity (Wildman–Crippen MR) is 393 cm³/mol. The Balaban J connectivity index is 0.0000000910. The van der Waals surface area contributed by atoms with Crippen molar-refractivity contribution in [2.45, 2.75) is 27.7 Å². The first-order chi connectivity index (χ1) is 43.2. The summed E-state index contributed by atoms with van der Waals surface area (Å²) in [5.74, 6) is 0. The summed E-state index contributed by atoms with van der Waals surface area (Å²) in [6, 6.07) is 89.6. The van der Waals surface area contributed by atoms with Gasteiger partial charge in [-0.15, -0.1) is 45.3 Å². The molecule has 0 radical (unpaired) electrons. The van der Waals surface area contributed by atoms with Crippen LogP contribution >= 0.6 is 45.3 Å². The maximum Gasteiger partial charge on any atom is 0.00205 e. The number of benzene rings is 16. The molecule has 0 nitrogen and oxygen atoms in total. The molecule has 0 aliphatic heterocycles. The van der Waals surface area contributed by atoms with Gasteiger partial charge < -0.3 is 0 Å². The molecule has 16 aromatic carbocycles. The van der Waals surface area contributed by atoms with Crippen LogP contribution < -0.4 is 0 Å². The molecule has 0 bridgehead atoms. The Morgan fingerprint density at radius 1 is 0.182 bits per heavy atom. The summed E-state index contributed by atoms with van der Waals surface area (Å²) >= 11 is 7.28. The summed E-state index contributed by atoms with van der Waals surface area (Å²) in [6.07, 6.45) is 0. The fraction of sp³-hybridized carbons (Fsp3) is 0.0476. The molecule has 0 aliphatic carbocycles. The number of thiophene rings is 4. The summed E-state index contributed by atoms with van der Waals surface area (Å²) in [5, 5.41) is 41.6. The first kappa shape index (κ1) is 52.8. The van der Waals surface area contributed by atoms with Gasteiger partial charge in [0.15, 0.2) is 0 Å². The molecule has 0 aliphatic rings. The van der Waals surface area contributed by atoms with Crippen LogP contribution in [-0.2, 0) is 0 Å². The van der Waals surface area contributed by atoms with Gasteiger partial charge in [0.2, 0.25) is 0 Å². The fourth-order valence-corrected chi connectivity index (χ4v) is 17.1. The molecular formula is C84H56S4. The van der Waals surface area contributed by atoms with Crippen molar-refractivity contribution in [2.75, 3.05) is 0 Å². The third kappa shape index (κ3) is 8.80. The summed E-state index contributed by atoms with van der Waals surface area (Å²) in [4.78, 5) is 5.45. The Hall–Kier alpha value is -9.52. The lowest BCUT2D eigenvalue weighted by atomic mass is 9.90. The SMILES string of the molecule is Cc1cc(-c2ccc3ccc4cccc5ccc2c3c45)cs1.Cc1cc(-c2ccc3ccc4cccc5ccc2c3c45)cs1.Cc1cc(-c2ccc3ccc4cccc5ccc2c3c45)cs1.Cc1cc(-c2ccc3ccc4cccc5ccc2c3c45)cs1. The molecule has 0 spiro atoms. The highest BCUT2D eigenvalue weighted by Gasteiger charge is 2.17. The molecule has 20 rings (SSSR count). The highest BCUT2D eigenvalue weighted by molar-refractivity contribution is 7.11. The first-order valence-corrected chi connectivity index (χ1v) is 33.6. The molecule has 88 heavy (non-hydrogen) atoms. The summed E-state index contributed by atoms with van der Waals surface area (Å²) < 4.78 is 0. The monoisotopic (exact) mass is 1190 g/mol. The lowest BCUT2D eigenvalue weighted by molar-refractivity contribution is 1.63. The molecule has 0 saturated carbocycles. The number of hydrogen-bond donors (Lipinski definition) is 0. The van der Waals surface area contributed by atoms with Gasteiger partial charge in [-0.2, -0.15) is 0 Å². The molecule has 4 heteroatoms. The lowest BCUT2D eigenvalue weighted by Gasteiger charge is -2.13. The van der Waals surface area contributed by atoms with Crippen molar-refractivity contribution >= 4 is 175 Å². The molecule has 0 saturated heterocycles. The highest BCUT2D eigenvalue weighted by atomic mass is 32.1. The predicted octanol–water partition coefficient (Wildman–Crippen LogP) is 26.5. The van der Waals surface area contributed by atoms with Gasteiger partial charge in [-0.3, -0.25) is 0 Å². The third-order valence-electron chi connectivity index (χ3n) is 18.3. The van der Waals surface area contributed by atoms with Crippen molar-refractivity contribution in [3.63, 3.8) is 0 Å². The second-order valence-corrected chi connectivity index (χ2v) is 28.1. The van der Waals surface area contributed by atoms with Gasteiger partial charge in [0.1, 0.15) is 0 Å². The van der Waals surface area contributed by atoms with Crippen LogP contribution in [0.4, 0.5) is 0 Å². The van der Waals surface area contributed by atoms with E-state index in [9.17, 15) is 0 Å². The Bertz CT molecular complexity index is 5200. The average Bonchev–Trinajstić information content (AvgIpc) is 1.12. The number of rotatable bonds is 4. The maximum atomic E-state index is 2.29. The van der Waals surface area contributed by atoms with Crippen LogP contribution in [0.25, 0.3) is 174 Å². The van der Waals surface area contributed by atoms with E-state index in [0.29, 0.717) is 0 Å². The second kappa shape index (κ2) is 21.1. The smallest absolute Gasteiger partial charge is 0.00205 e. The van der Waals surface area contributed by atoms with Crippen LogP contribution in [0.5, 0.6) is 0 Å². The minimum absolute atomic E-state index is 1.33. The molecular weight excluding hydrogens is 1140 g/mol. The van der Waals surface area contributed by atoms with Gasteiger partial charge in [-0.05, 0) is 247 Å². The topological polar surface area (TPSA) is 0 Å². The molecule has 4 aromatic heterocycles. The normalized spacial score (nSPS) is 11.9.